The number of carbonyl (C=O) groups excluding carboxylic acids is 1. The molecule has 0 aliphatic carbocycles. The summed E-state index contributed by atoms with van der Waals surface area (Å²) in [6.45, 7) is 1.66. The molecule has 3 aromatic rings. The molecule has 1 N–H and O–H groups in total. The second kappa shape index (κ2) is 8.49. The van der Waals surface area contributed by atoms with Crippen LogP contribution in [0.1, 0.15) is 21.5 Å². The molecule has 3 aromatic carbocycles. The van der Waals surface area contributed by atoms with Gasteiger partial charge in [-0.3, -0.25) is 4.79 Å². The quantitative estimate of drug-likeness (QED) is 0.360. The van der Waals surface area contributed by atoms with E-state index in [1.165, 1.54) is 36.5 Å². The third kappa shape index (κ3) is 4.67. The van der Waals surface area contributed by atoms with Gasteiger partial charge >= 0.3 is 10.1 Å². The molecule has 9 heteroatoms. The summed E-state index contributed by atoms with van der Waals surface area (Å²) in [7, 11) is -4.16. The van der Waals surface area contributed by atoms with Gasteiger partial charge < -0.3 is 13.7 Å². The molecule has 0 radical (unpaired) electrons. The fraction of sp³-hybridized carbons (Fsp3) is 0.0909. The molecule has 0 aromatic heterocycles. The lowest BCUT2D eigenvalue weighted by Crippen LogP contribution is -2.18. The van der Waals surface area contributed by atoms with E-state index in [1.54, 1.807) is 13.0 Å². The Balaban J connectivity index is 1.49. The third-order valence-corrected chi connectivity index (χ3v) is 5.81. The van der Waals surface area contributed by atoms with Crippen LogP contribution >= 0.6 is 0 Å². The summed E-state index contributed by atoms with van der Waals surface area (Å²) < 4.78 is 41.3. The first-order chi connectivity index (χ1) is 14.9. The van der Waals surface area contributed by atoms with Crippen molar-refractivity contribution >= 4 is 22.2 Å². The minimum atomic E-state index is -4.16. The molecule has 0 atom stereocenters. The lowest BCUT2D eigenvalue weighted by molar-refractivity contribution is 0.0955. The molecule has 4 rings (SSSR count). The van der Waals surface area contributed by atoms with E-state index in [2.05, 4.69) is 10.5 Å². The van der Waals surface area contributed by atoms with Crippen LogP contribution in [0.5, 0.6) is 17.2 Å². The predicted octanol–water partition coefficient (Wildman–Crippen LogP) is 3.26. The number of fused-ring (bicyclic) bond motifs is 1. The Kier molecular flexibility index (Phi) is 5.59. The minimum absolute atomic E-state index is 0.00300. The molecular formula is C22H18N2O6S. The molecule has 0 saturated heterocycles. The highest BCUT2D eigenvalue weighted by Crippen LogP contribution is 2.36. The first-order valence-corrected chi connectivity index (χ1v) is 10.7. The average Bonchev–Trinajstić information content (AvgIpc) is 3.21. The van der Waals surface area contributed by atoms with Gasteiger partial charge in [0.1, 0.15) is 10.6 Å². The number of ether oxygens (including phenoxy) is 2. The van der Waals surface area contributed by atoms with Gasteiger partial charge in [-0.1, -0.05) is 36.4 Å². The predicted molar refractivity (Wildman–Crippen MR) is 113 cm³/mol. The lowest BCUT2D eigenvalue weighted by atomic mass is 10.2. The number of aryl methyl sites for hydroxylation is 1. The molecule has 8 nitrogen and oxygen atoms in total. The maximum atomic E-state index is 12.8. The van der Waals surface area contributed by atoms with E-state index in [0.29, 0.717) is 17.1 Å². The van der Waals surface area contributed by atoms with Crippen LogP contribution in [0.15, 0.2) is 76.7 Å². The number of benzene rings is 3. The molecule has 0 spiro atoms. The molecule has 1 aliphatic rings. The van der Waals surface area contributed by atoms with Gasteiger partial charge in [0.05, 0.1) is 6.21 Å². The molecule has 31 heavy (non-hydrogen) atoms. The Bertz CT molecular complexity index is 1260. The van der Waals surface area contributed by atoms with Crippen molar-refractivity contribution in [2.75, 3.05) is 6.79 Å². The van der Waals surface area contributed by atoms with Crippen molar-refractivity contribution in [1.29, 1.82) is 0 Å². The van der Waals surface area contributed by atoms with Crippen molar-refractivity contribution in [2.24, 2.45) is 5.10 Å². The highest BCUT2D eigenvalue weighted by Gasteiger charge is 2.25. The first-order valence-electron chi connectivity index (χ1n) is 9.26. The number of hydrogen-bond donors (Lipinski definition) is 1. The average molecular weight is 438 g/mol. The summed E-state index contributed by atoms with van der Waals surface area (Å²) >= 11 is 0. The highest BCUT2D eigenvalue weighted by atomic mass is 32.2. The zero-order valence-corrected chi connectivity index (χ0v) is 17.3. The van der Waals surface area contributed by atoms with Gasteiger partial charge in [0.15, 0.2) is 11.5 Å². The fourth-order valence-electron chi connectivity index (χ4n) is 2.92. The molecule has 1 amide bonds. The van der Waals surface area contributed by atoms with Crippen molar-refractivity contribution in [3.63, 3.8) is 0 Å². The largest absolute Gasteiger partial charge is 0.454 e. The van der Waals surface area contributed by atoms with E-state index >= 15 is 0 Å². The standard InChI is InChI=1S/C22H18N2O6S/c1-15-10-19-20(29-14-28-19)12-21(15)31(26,27)30-18-9-5-8-17(11-18)22(25)24-23-13-16-6-3-2-4-7-16/h2-13H,14H2,1H3,(H,24,25)/b23-13+. The first kappa shape index (κ1) is 20.4. The maximum absolute atomic E-state index is 12.8. The Labute approximate surface area is 179 Å². The van der Waals surface area contributed by atoms with E-state index in [4.69, 9.17) is 13.7 Å². The summed E-state index contributed by atoms with van der Waals surface area (Å²) in [4.78, 5) is 12.3. The molecule has 1 heterocycles. The number of rotatable bonds is 6. The summed E-state index contributed by atoms with van der Waals surface area (Å²) in [5.41, 5.74) is 3.87. The van der Waals surface area contributed by atoms with E-state index in [1.807, 2.05) is 30.3 Å². The van der Waals surface area contributed by atoms with E-state index in [-0.39, 0.29) is 23.0 Å². The maximum Gasteiger partial charge on any atom is 0.339 e. The monoisotopic (exact) mass is 438 g/mol. The van der Waals surface area contributed by atoms with Crippen LogP contribution in [0, 0.1) is 6.92 Å². The number of amides is 1. The Morgan fingerprint density at radius 2 is 1.77 bits per heavy atom. The Hall–Kier alpha value is -3.85. The molecule has 0 fully saturated rings. The normalized spacial score (nSPS) is 12.7. The third-order valence-electron chi connectivity index (χ3n) is 4.42. The van der Waals surface area contributed by atoms with Crippen LogP contribution in [0.3, 0.4) is 0 Å². The number of hydrazone groups is 1. The van der Waals surface area contributed by atoms with Crippen LogP contribution < -0.4 is 19.1 Å². The van der Waals surface area contributed by atoms with Crippen molar-refractivity contribution in [3.8, 4) is 17.2 Å². The Morgan fingerprint density at radius 3 is 2.55 bits per heavy atom. The van der Waals surface area contributed by atoms with Crippen LogP contribution in [0.25, 0.3) is 0 Å². The molecule has 1 aliphatic heterocycles. The molecule has 0 unspecified atom stereocenters. The van der Waals surface area contributed by atoms with Gasteiger partial charge in [0, 0.05) is 11.6 Å². The van der Waals surface area contributed by atoms with Gasteiger partial charge in [-0.2, -0.15) is 13.5 Å². The second-order valence-electron chi connectivity index (χ2n) is 6.65. The number of nitrogens with zero attached hydrogens (tertiary/aromatic N) is 1. The lowest BCUT2D eigenvalue weighted by Gasteiger charge is -2.11. The smallest absolute Gasteiger partial charge is 0.339 e. The summed E-state index contributed by atoms with van der Waals surface area (Å²) in [6, 6.07) is 18.0. The van der Waals surface area contributed by atoms with Crippen molar-refractivity contribution < 1.29 is 26.9 Å². The van der Waals surface area contributed by atoms with Gasteiger partial charge in [-0.25, -0.2) is 5.43 Å². The highest BCUT2D eigenvalue weighted by molar-refractivity contribution is 7.87. The SMILES string of the molecule is Cc1cc2c(cc1S(=O)(=O)Oc1cccc(C(=O)N/N=C/c3ccccc3)c1)OCO2. The zero-order valence-electron chi connectivity index (χ0n) is 16.4. The van der Waals surface area contributed by atoms with Crippen LogP contribution in [0.2, 0.25) is 0 Å². The van der Waals surface area contributed by atoms with E-state index < -0.39 is 16.0 Å². The molecule has 0 bridgehead atoms. The van der Waals surface area contributed by atoms with Gasteiger partial charge in [-0.05, 0) is 42.3 Å². The molecule has 0 saturated carbocycles. The summed E-state index contributed by atoms with van der Waals surface area (Å²) in [6.07, 6.45) is 1.51. The van der Waals surface area contributed by atoms with E-state index in [9.17, 15) is 13.2 Å². The Morgan fingerprint density at radius 1 is 1.03 bits per heavy atom. The van der Waals surface area contributed by atoms with Crippen LogP contribution in [0.4, 0.5) is 0 Å². The minimum Gasteiger partial charge on any atom is -0.454 e. The summed E-state index contributed by atoms with van der Waals surface area (Å²) in [5, 5.41) is 3.91. The van der Waals surface area contributed by atoms with Crippen LogP contribution in [-0.4, -0.2) is 27.3 Å². The summed E-state index contributed by atoms with van der Waals surface area (Å²) in [5.74, 6) is 0.300. The van der Waals surface area contributed by atoms with Crippen LogP contribution in [-0.2, 0) is 10.1 Å². The number of nitrogens with one attached hydrogen (secondary N) is 1. The van der Waals surface area contributed by atoms with Gasteiger partial charge in [-0.15, -0.1) is 0 Å². The topological polar surface area (TPSA) is 103 Å². The van der Waals surface area contributed by atoms with E-state index in [0.717, 1.165) is 5.56 Å². The molecular weight excluding hydrogens is 420 g/mol. The second-order valence-corrected chi connectivity index (χ2v) is 8.16. The van der Waals surface area contributed by atoms with Gasteiger partial charge in [0.2, 0.25) is 6.79 Å². The zero-order chi connectivity index (χ0) is 21.8. The van der Waals surface area contributed by atoms with Crippen molar-refractivity contribution in [3.05, 3.63) is 83.4 Å². The number of hydrogen-bond acceptors (Lipinski definition) is 7. The van der Waals surface area contributed by atoms with Crippen molar-refractivity contribution in [2.45, 2.75) is 11.8 Å². The molecule has 158 valence electrons. The number of carbonyl (C=O) groups is 1. The van der Waals surface area contributed by atoms with Crippen molar-refractivity contribution in [1.82, 2.24) is 5.43 Å². The van der Waals surface area contributed by atoms with Gasteiger partial charge in [0.25, 0.3) is 5.91 Å². The fourth-order valence-corrected chi connectivity index (χ4v) is 4.08.